The quantitative estimate of drug-likeness (QED) is 0.205. The summed E-state index contributed by atoms with van der Waals surface area (Å²) in [4.78, 5) is 2.33. The van der Waals surface area contributed by atoms with Crippen LogP contribution in [0.3, 0.4) is 0 Å². The van der Waals surface area contributed by atoms with Crippen molar-refractivity contribution in [1.29, 1.82) is 0 Å². The fourth-order valence-electron chi connectivity index (χ4n) is 7.33. The molecule has 4 nitrogen and oxygen atoms in total. The molecule has 0 radical (unpaired) electrons. The molecule has 0 fully saturated rings. The molecule has 0 spiro atoms. The molecule has 3 heterocycles. The minimum absolute atomic E-state index is 0.721. The SMILES string of the molecule is C1=C(c2ccc(N(c3ccc(-c4ccccc4)cc3)c3cccc4oc5ccccc5c34)cc2)CNc2c1oc1c2ccc2ccccc21. The summed E-state index contributed by atoms with van der Waals surface area (Å²) < 4.78 is 12.8. The molecule has 0 amide bonds. The average molecular weight is 631 g/mol. The molecule has 49 heavy (non-hydrogen) atoms. The van der Waals surface area contributed by atoms with Gasteiger partial charge in [0.15, 0.2) is 5.76 Å². The highest BCUT2D eigenvalue weighted by Gasteiger charge is 2.22. The molecule has 0 atom stereocenters. The number of nitrogens with zero attached hydrogens (tertiary/aromatic N) is 1. The summed E-state index contributed by atoms with van der Waals surface area (Å²) in [6.45, 7) is 0.721. The highest BCUT2D eigenvalue weighted by Crippen LogP contribution is 2.44. The van der Waals surface area contributed by atoms with E-state index in [4.69, 9.17) is 8.83 Å². The van der Waals surface area contributed by atoms with E-state index in [1.165, 1.54) is 22.1 Å². The Labute approximate surface area is 283 Å². The molecule has 0 unspecified atom stereocenters. The van der Waals surface area contributed by atoms with Gasteiger partial charge in [0.05, 0.1) is 16.8 Å². The lowest BCUT2D eigenvalue weighted by Gasteiger charge is -2.27. The van der Waals surface area contributed by atoms with Crippen molar-refractivity contribution < 1.29 is 8.83 Å². The lowest BCUT2D eigenvalue weighted by atomic mass is 10.00. The van der Waals surface area contributed by atoms with Crippen molar-refractivity contribution in [3.8, 4) is 11.1 Å². The zero-order valence-electron chi connectivity index (χ0n) is 26.6. The van der Waals surface area contributed by atoms with Crippen LogP contribution in [0.1, 0.15) is 11.3 Å². The van der Waals surface area contributed by atoms with Crippen molar-refractivity contribution in [2.45, 2.75) is 0 Å². The van der Waals surface area contributed by atoms with E-state index in [9.17, 15) is 0 Å². The number of nitrogens with one attached hydrogen (secondary N) is 1. The van der Waals surface area contributed by atoms with Gasteiger partial charge in [-0.15, -0.1) is 0 Å². The lowest BCUT2D eigenvalue weighted by Crippen LogP contribution is -2.11. The van der Waals surface area contributed by atoms with E-state index in [-0.39, 0.29) is 0 Å². The van der Waals surface area contributed by atoms with Crippen LogP contribution in [0, 0.1) is 0 Å². The van der Waals surface area contributed by atoms with Gasteiger partial charge in [-0.05, 0) is 82.3 Å². The van der Waals surface area contributed by atoms with Crippen LogP contribution >= 0.6 is 0 Å². The Kier molecular flexibility index (Phi) is 6.21. The summed E-state index contributed by atoms with van der Waals surface area (Å²) in [6, 6.07) is 55.5. The van der Waals surface area contributed by atoms with Gasteiger partial charge in [0, 0.05) is 34.1 Å². The lowest BCUT2D eigenvalue weighted by molar-refractivity contribution is 0.608. The van der Waals surface area contributed by atoms with E-state index in [0.29, 0.717) is 0 Å². The Balaban J connectivity index is 1.07. The Morgan fingerprint density at radius 1 is 0.490 bits per heavy atom. The molecule has 7 aromatic carbocycles. The Hall–Kier alpha value is -6.52. The largest absolute Gasteiger partial charge is 0.456 e. The fourth-order valence-corrected chi connectivity index (χ4v) is 7.33. The number of fused-ring (bicyclic) bond motifs is 8. The molecule has 1 aliphatic heterocycles. The molecular weight excluding hydrogens is 601 g/mol. The first kappa shape index (κ1) is 27.6. The van der Waals surface area contributed by atoms with Crippen molar-refractivity contribution in [2.75, 3.05) is 16.8 Å². The molecule has 0 saturated carbocycles. The van der Waals surface area contributed by atoms with Crippen LogP contribution in [0.25, 0.3) is 66.5 Å². The topological polar surface area (TPSA) is 41.6 Å². The predicted molar refractivity (Wildman–Crippen MR) is 204 cm³/mol. The summed E-state index contributed by atoms with van der Waals surface area (Å²) in [5.74, 6) is 0.871. The van der Waals surface area contributed by atoms with Crippen molar-refractivity contribution in [3.63, 3.8) is 0 Å². The minimum Gasteiger partial charge on any atom is -0.456 e. The van der Waals surface area contributed by atoms with E-state index >= 15 is 0 Å². The molecule has 1 aliphatic rings. The molecule has 1 N–H and O–H groups in total. The summed E-state index contributed by atoms with van der Waals surface area (Å²) in [6.07, 6.45) is 2.19. The van der Waals surface area contributed by atoms with Gasteiger partial charge in [0.1, 0.15) is 16.7 Å². The maximum atomic E-state index is 6.49. The average Bonchev–Trinajstić information content (AvgIpc) is 3.75. The zero-order valence-corrected chi connectivity index (χ0v) is 26.6. The summed E-state index contributed by atoms with van der Waals surface area (Å²) >= 11 is 0. The van der Waals surface area contributed by atoms with Gasteiger partial charge in [0.25, 0.3) is 0 Å². The van der Waals surface area contributed by atoms with Crippen LogP contribution < -0.4 is 10.2 Å². The fraction of sp³-hybridized carbons (Fsp3) is 0.0222. The first-order chi connectivity index (χ1) is 24.3. The molecule has 9 aromatic rings. The summed E-state index contributed by atoms with van der Waals surface area (Å²) in [5.41, 5.74) is 11.7. The van der Waals surface area contributed by atoms with Crippen molar-refractivity contribution >= 4 is 78.1 Å². The van der Waals surface area contributed by atoms with E-state index in [1.807, 2.05) is 12.1 Å². The third-order valence-electron chi connectivity index (χ3n) is 9.72. The van der Waals surface area contributed by atoms with E-state index in [0.717, 1.165) is 78.9 Å². The van der Waals surface area contributed by atoms with Crippen LogP contribution in [0.15, 0.2) is 167 Å². The first-order valence-corrected chi connectivity index (χ1v) is 16.6. The molecule has 0 bridgehead atoms. The maximum Gasteiger partial charge on any atom is 0.151 e. The van der Waals surface area contributed by atoms with Crippen molar-refractivity contribution in [3.05, 3.63) is 169 Å². The van der Waals surface area contributed by atoms with Crippen LogP contribution in [0.4, 0.5) is 22.7 Å². The Bertz CT molecular complexity index is 2700. The second kappa shape index (κ2) is 11.0. The third-order valence-corrected chi connectivity index (χ3v) is 9.72. The molecule has 0 aliphatic carbocycles. The number of hydrogen-bond donors (Lipinski definition) is 1. The molecule has 4 heteroatoms. The Morgan fingerprint density at radius 3 is 1.98 bits per heavy atom. The van der Waals surface area contributed by atoms with Gasteiger partial charge in [-0.3, -0.25) is 0 Å². The number of rotatable bonds is 5. The maximum absolute atomic E-state index is 6.49. The van der Waals surface area contributed by atoms with Gasteiger partial charge in [0.2, 0.25) is 0 Å². The minimum atomic E-state index is 0.721. The van der Waals surface area contributed by atoms with Crippen molar-refractivity contribution in [2.24, 2.45) is 0 Å². The number of hydrogen-bond acceptors (Lipinski definition) is 4. The number of anilines is 4. The van der Waals surface area contributed by atoms with Gasteiger partial charge in [-0.2, -0.15) is 0 Å². The van der Waals surface area contributed by atoms with Crippen LogP contribution in [-0.2, 0) is 0 Å². The van der Waals surface area contributed by atoms with Crippen molar-refractivity contribution in [1.82, 2.24) is 0 Å². The van der Waals surface area contributed by atoms with Gasteiger partial charge in [-0.1, -0.05) is 109 Å². The van der Waals surface area contributed by atoms with Crippen LogP contribution in [-0.4, -0.2) is 6.54 Å². The summed E-state index contributed by atoms with van der Waals surface area (Å²) in [7, 11) is 0. The molecular formula is C45H30N2O2. The van der Waals surface area contributed by atoms with Crippen LogP contribution in [0.2, 0.25) is 0 Å². The molecule has 232 valence electrons. The monoisotopic (exact) mass is 630 g/mol. The standard InChI is InChI=1S/C45H30N2O2/c1-2-9-29(10-3-1)30-17-22-34(23-18-30)47(39-14-8-16-41-43(39)37-13-6-7-15-40(37)48-41)35-24-19-31(20-25-35)33-27-42-44(46-28-33)38-26-21-32-11-4-5-12-36(32)45(38)49-42/h1-27,46H,28H2. The number of benzene rings is 7. The predicted octanol–water partition coefficient (Wildman–Crippen LogP) is 12.6. The Morgan fingerprint density at radius 2 is 1.16 bits per heavy atom. The highest BCUT2D eigenvalue weighted by atomic mass is 16.3. The number of furan rings is 2. The van der Waals surface area contributed by atoms with Gasteiger partial charge in [-0.25, -0.2) is 0 Å². The second-order valence-corrected chi connectivity index (χ2v) is 12.6. The van der Waals surface area contributed by atoms with E-state index < -0.39 is 0 Å². The van der Waals surface area contributed by atoms with Gasteiger partial charge >= 0.3 is 0 Å². The highest BCUT2D eigenvalue weighted by molar-refractivity contribution is 6.14. The summed E-state index contributed by atoms with van der Waals surface area (Å²) in [5, 5.41) is 9.29. The van der Waals surface area contributed by atoms with Crippen LogP contribution in [0.5, 0.6) is 0 Å². The van der Waals surface area contributed by atoms with Gasteiger partial charge < -0.3 is 19.1 Å². The molecule has 10 rings (SSSR count). The second-order valence-electron chi connectivity index (χ2n) is 12.6. The normalized spacial score (nSPS) is 12.7. The number of para-hydroxylation sites is 1. The zero-order chi connectivity index (χ0) is 32.3. The third kappa shape index (κ3) is 4.53. The molecule has 2 aromatic heterocycles. The first-order valence-electron chi connectivity index (χ1n) is 16.6. The van der Waals surface area contributed by atoms with E-state index in [1.54, 1.807) is 0 Å². The smallest absolute Gasteiger partial charge is 0.151 e. The molecule has 0 saturated heterocycles. The van der Waals surface area contributed by atoms with E-state index in [2.05, 4.69) is 162 Å².